The monoisotopic (exact) mass is 291 g/mol. The van der Waals surface area contributed by atoms with Crippen LogP contribution in [0, 0.1) is 0 Å². The lowest BCUT2D eigenvalue weighted by molar-refractivity contribution is 0.982. The van der Waals surface area contributed by atoms with Crippen LogP contribution in [-0.4, -0.2) is 0 Å². The lowest BCUT2D eigenvalue weighted by atomic mass is 10.1. The van der Waals surface area contributed by atoms with E-state index in [9.17, 15) is 0 Å². The van der Waals surface area contributed by atoms with Gasteiger partial charge in [-0.1, -0.05) is 60.7 Å². The zero-order valence-corrected chi connectivity index (χ0v) is 13.0. The van der Waals surface area contributed by atoms with Crippen molar-refractivity contribution in [1.29, 1.82) is 0 Å². The minimum atomic E-state index is 0.855. The summed E-state index contributed by atoms with van der Waals surface area (Å²) < 4.78 is 0. The molecule has 2 heteroatoms. The SMILES string of the molecule is Pc1ccccc1CN(c1ccccc1)c1ccccc1. The summed E-state index contributed by atoms with van der Waals surface area (Å²) in [6.45, 7) is 0.855. The van der Waals surface area contributed by atoms with Gasteiger partial charge in [0.15, 0.2) is 0 Å². The van der Waals surface area contributed by atoms with Crippen molar-refractivity contribution in [1.82, 2.24) is 0 Å². The number of hydrogen-bond donors (Lipinski definition) is 0. The van der Waals surface area contributed by atoms with E-state index in [0.29, 0.717) is 0 Å². The van der Waals surface area contributed by atoms with E-state index in [-0.39, 0.29) is 0 Å². The largest absolute Gasteiger partial charge is 0.337 e. The van der Waals surface area contributed by atoms with Crippen LogP contribution in [0.4, 0.5) is 11.4 Å². The summed E-state index contributed by atoms with van der Waals surface area (Å²) in [7, 11) is 2.82. The highest BCUT2D eigenvalue weighted by Gasteiger charge is 2.10. The molecule has 1 atom stereocenters. The normalized spacial score (nSPS) is 10.3. The Balaban J connectivity index is 1.99. The van der Waals surface area contributed by atoms with E-state index in [1.54, 1.807) is 0 Å². The molecule has 3 aromatic rings. The van der Waals surface area contributed by atoms with Gasteiger partial charge in [-0.2, -0.15) is 0 Å². The molecule has 0 saturated heterocycles. The Morgan fingerprint density at radius 2 is 1.10 bits per heavy atom. The van der Waals surface area contributed by atoms with Gasteiger partial charge in [-0.05, 0) is 35.1 Å². The lowest BCUT2D eigenvalue weighted by Gasteiger charge is -2.26. The minimum Gasteiger partial charge on any atom is -0.337 e. The van der Waals surface area contributed by atoms with E-state index in [1.807, 2.05) is 0 Å². The van der Waals surface area contributed by atoms with Crippen molar-refractivity contribution in [3.05, 3.63) is 90.5 Å². The molecule has 0 heterocycles. The summed E-state index contributed by atoms with van der Waals surface area (Å²) in [5, 5.41) is 1.24. The highest BCUT2D eigenvalue weighted by molar-refractivity contribution is 7.27. The molecule has 0 aliphatic heterocycles. The van der Waals surface area contributed by atoms with Crippen LogP contribution in [0.15, 0.2) is 84.9 Å². The molecule has 0 N–H and O–H groups in total. The number of nitrogens with zero attached hydrogens (tertiary/aromatic N) is 1. The quantitative estimate of drug-likeness (QED) is 0.639. The molecule has 0 aliphatic carbocycles. The summed E-state index contributed by atoms with van der Waals surface area (Å²) in [5.41, 5.74) is 3.73. The van der Waals surface area contributed by atoms with Crippen LogP contribution in [0.3, 0.4) is 0 Å². The molecule has 0 fully saturated rings. The van der Waals surface area contributed by atoms with Gasteiger partial charge in [-0.3, -0.25) is 0 Å². The summed E-state index contributed by atoms with van der Waals surface area (Å²) in [5.74, 6) is 0. The van der Waals surface area contributed by atoms with Crippen LogP contribution in [0.1, 0.15) is 5.56 Å². The third-order valence-corrected chi connectivity index (χ3v) is 4.08. The molecule has 0 amide bonds. The highest BCUT2D eigenvalue weighted by atomic mass is 31.0. The van der Waals surface area contributed by atoms with Gasteiger partial charge in [-0.15, -0.1) is 9.24 Å². The maximum absolute atomic E-state index is 2.82. The third-order valence-electron chi connectivity index (χ3n) is 3.52. The van der Waals surface area contributed by atoms with Gasteiger partial charge >= 0.3 is 0 Å². The first-order chi connectivity index (χ1) is 10.3. The fourth-order valence-corrected chi connectivity index (χ4v) is 2.69. The van der Waals surface area contributed by atoms with Crippen LogP contribution in [-0.2, 0) is 6.54 Å². The van der Waals surface area contributed by atoms with E-state index in [0.717, 1.165) is 6.54 Å². The van der Waals surface area contributed by atoms with E-state index >= 15 is 0 Å². The maximum atomic E-state index is 2.82. The van der Waals surface area contributed by atoms with E-state index in [4.69, 9.17) is 0 Å². The topological polar surface area (TPSA) is 3.24 Å². The number of para-hydroxylation sites is 2. The van der Waals surface area contributed by atoms with Crippen molar-refractivity contribution >= 4 is 25.9 Å². The third kappa shape index (κ3) is 3.32. The molecule has 3 rings (SSSR count). The Bertz CT molecular complexity index is 656. The van der Waals surface area contributed by atoms with Crippen LogP contribution >= 0.6 is 9.24 Å². The molecule has 3 aromatic carbocycles. The van der Waals surface area contributed by atoms with Gasteiger partial charge in [0.2, 0.25) is 0 Å². The molecule has 0 aliphatic rings. The average molecular weight is 291 g/mol. The highest BCUT2D eigenvalue weighted by Crippen LogP contribution is 2.26. The Morgan fingerprint density at radius 3 is 1.62 bits per heavy atom. The van der Waals surface area contributed by atoms with Gasteiger partial charge in [0.1, 0.15) is 0 Å². The van der Waals surface area contributed by atoms with E-state index in [2.05, 4.69) is 99.1 Å². The molecule has 0 saturated carbocycles. The Morgan fingerprint density at radius 1 is 0.619 bits per heavy atom. The second-order valence-corrected chi connectivity index (χ2v) is 5.58. The molecule has 21 heavy (non-hydrogen) atoms. The molecular weight excluding hydrogens is 273 g/mol. The minimum absolute atomic E-state index is 0.855. The van der Waals surface area contributed by atoms with Gasteiger partial charge in [0, 0.05) is 17.9 Å². The number of anilines is 2. The predicted octanol–water partition coefficient (Wildman–Crippen LogP) is 4.53. The van der Waals surface area contributed by atoms with Gasteiger partial charge < -0.3 is 4.90 Å². The van der Waals surface area contributed by atoms with E-state index in [1.165, 1.54) is 22.2 Å². The van der Waals surface area contributed by atoms with Crippen LogP contribution < -0.4 is 10.2 Å². The fraction of sp³-hybridized carbons (Fsp3) is 0.0526. The zero-order valence-electron chi connectivity index (χ0n) is 11.8. The smallest absolute Gasteiger partial charge is 0.0487 e. The van der Waals surface area contributed by atoms with Crippen molar-refractivity contribution in [2.24, 2.45) is 0 Å². The molecule has 0 spiro atoms. The van der Waals surface area contributed by atoms with Crippen LogP contribution in [0.5, 0.6) is 0 Å². The van der Waals surface area contributed by atoms with Crippen molar-refractivity contribution < 1.29 is 0 Å². The predicted molar refractivity (Wildman–Crippen MR) is 94.5 cm³/mol. The van der Waals surface area contributed by atoms with E-state index < -0.39 is 0 Å². The van der Waals surface area contributed by atoms with Crippen molar-refractivity contribution in [2.75, 3.05) is 4.90 Å². The molecule has 104 valence electrons. The van der Waals surface area contributed by atoms with Crippen molar-refractivity contribution in [2.45, 2.75) is 6.54 Å². The Kier molecular flexibility index (Phi) is 4.33. The molecule has 0 bridgehead atoms. The standard InChI is InChI=1S/C19H18NP/c21-19-14-8-7-9-16(19)15-20(17-10-3-1-4-11-17)18-12-5-2-6-13-18/h1-14H,15,21H2. The summed E-state index contributed by atoms with van der Waals surface area (Å²) in [4.78, 5) is 2.34. The Labute approximate surface area is 128 Å². The molecular formula is C19H18NP. The van der Waals surface area contributed by atoms with Gasteiger partial charge in [0.25, 0.3) is 0 Å². The molecule has 1 unspecified atom stereocenters. The second kappa shape index (κ2) is 6.56. The zero-order chi connectivity index (χ0) is 14.5. The maximum Gasteiger partial charge on any atom is 0.0487 e. The summed E-state index contributed by atoms with van der Waals surface area (Å²) in [6.07, 6.45) is 0. The van der Waals surface area contributed by atoms with Crippen LogP contribution in [0.2, 0.25) is 0 Å². The number of hydrogen-bond acceptors (Lipinski definition) is 1. The number of benzene rings is 3. The first-order valence-electron chi connectivity index (χ1n) is 7.05. The fourth-order valence-electron chi connectivity index (χ4n) is 2.40. The molecule has 0 radical (unpaired) electrons. The second-order valence-electron chi connectivity index (χ2n) is 4.96. The molecule has 1 nitrogen and oxygen atoms in total. The summed E-state index contributed by atoms with van der Waals surface area (Å²) >= 11 is 0. The average Bonchev–Trinajstić information content (AvgIpc) is 2.56. The van der Waals surface area contributed by atoms with Crippen molar-refractivity contribution in [3.63, 3.8) is 0 Å². The van der Waals surface area contributed by atoms with Crippen LogP contribution in [0.25, 0.3) is 0 Å². The number of rotatable bonds is 4. The first-order valence-corrected chi connectivity index (χ1v) is 7.63. The molecule has 0 aromatic heterocycles. The van der Waals surface area contributed by atoms with Crippen molar-refractivity contribution in [3.8, 4) is 0 Å². The first kappa shape index (κ1) is 13.9. The summed E-state index contributed by atoms with van der Waals surface area (Å²) in [6, 6.07) is 29.5. The van der Waals surface area contributed by atoms with Gasteiger partial charge in [-0.25, -0.2) is 0 Å². The van der Waals surface area contributed by atoms with Gasteiger partial charge in [0.05, 0.1) is 0 Å². The lowest BCUT2D eigenvalue weighted by Crippen LogP contribution is -2.19. The Hall–Kier alpha value is -2.11.